The van der Waals surface area contributed by atoms with Gasteiger partial charge in [0, 0.05) is 18.4 Å². The van der Waals surface area contributed by atoms with Crippen LogP contribution in [0, 0.1) is 23.7 Å². The van der Waals surface area contributed by atoms with Gasteiger partial charge in [-0.05, 0) is 25.2 Å². The number of hydrogen-bond acceptors (Lipinski definition) is 3. The lowest BCUT2D eigenvalue weighted by Crippen LogP contribution is -2.45. The van der Waals surface area contributed by atoms with Crippen LogP contribution < -0.4 is 0 Å². The first-order valence-corrected chi connectivity index (χ1v) is 6.29. The van der Waals surface area contributed by atoms with E-state index in [2.05, 4.69) is 6.92 Å². The molecule has 1 fully saturated rings. The normalized spacial score (nSPS) is 37.1. The second kappa shape index (κ2) is 5.78. The zero-order valence-electron chi connectivity index (χ0n) is 10.8. The van der Waals surface area contributed by atoms with Crippen LogP contribution in [-0.4, -0.2) is 30.2 Å². The number of ether oxygens (including phenoxy) is 1. The highest BCUT2D eigenvalue weighted by Gasteiger charge is 2.39. The van der Waals surface area contributed by atoms with Gasteiger partial charge in [-0.3, -0.25) is 4.79 Å². The van der Waals surface area contributed by atoms with Gasteiger partial charge in [0.05, 0.1) is 12.7 Å². The van der Waals surface area contributed by atoms with Crippen LogP contribution >= 0.6 is 0 Å². The Hall–Kier alpha value is -0.410. The molecular formula is C13H24O3. The van der Waals surface area contributed by atoms with Gasteiger partial charge in [-0.1, -0.05) is 20.8 Å². The van der Waals surface area contributed by atoms with Crippen LogP contribution in [0.25, 0.3) is 0 Å². The van der Waals surface area contributed by atoms with Gasteiger partial charge in [0.15, 0.2) is 0 Å². The standard InChI is InChI=1S/C13H24O3/c1-5-8(2)13(15)12-7-16-10(4)9(3)11(12)6-14/h8-12,14H,5-7H2,1-4H3/t8-,9-,10+,11-,12-/m1/s1. The molecule has 3 heteroatoms. The number of aliphatic hydroxyl groups excluding tert-OH is 1. The SMILES string of the molecule is CC[C@@H](C)C(=O)[C@@H]1CO[C@@H](C)[C@@H](C)[C@H]1CO. The third kappa shape index (κ3) is 2.64. The summed E-state index contributed by atoms with van der Waals surface area (Å²) in [4.78, 5) is 12.2. The van der Waals surface area contributed by atoms with Gasteiger partial charge in [-0.2, -0.15) is 0 Å². The maximum atomic E-state index is 12.2. The van der Waals surface area contributed by atoms with Crippen molar-refractivity contribution in [2.24, 2.45) is 23.7 Å². The molecule has 94 valence electrons. The molecule has 1 aliphatic rings. The predicted molar refractivity (Wildman–Crippen MR) is 63.1 cm³/mol. The number of Topliss-reactive ketones (excluding diaryl/α,β-unsaturated/α-hetero) is 1. The Balaban J connectivity index is 2.75. The van der Waals surface area contributed by atoms with E-state index in [0.717, 1.165) is 6.42 Å². The third-order valence-corrected chi connectivity index (χ3v) is 4.15. The van der Waals surface area contributed by atoms with Gasteiger partial charge in [0.25, 0.3) is 0 Å². The third-order valence-electron chi connectivity index (χ3n) is 4.15. The zero-order chi connectivity index (χ0) is 12.3. The summed E-state index contributed by atoms with van der Waals surface area (Å²) in [5.74, 6) is 0.511. The Bertz CT molecular complexity index is 239. The fraction of sp³-hybridized carbons (Fsp3) is 0.923. The van der Waals surface area contributed by atoms with Crippen molar-refractivity contribution < 1.29 is 14.6 Å². The van der Waals surface area contributed by atoms with E-state index in [9.17, 15) is 9.90 Å². The van der Waals surface area contributed by atoms with Crippen LogP contribution in [0.1, 0.15) is 34.1 Å². The molecule has 0 unspecified atom stereocenters. The van der Waals surface area contributed by atoms with E-state index in [1.165, 1.54) is 0 Å². The minimum absolute atomic E-state index is 0.0604. The van der Waals surface area contributed by atoms with Gasteiger partial charge in [-0.15, -0.1) is 0 Å². The molecule has 0 spiro atoms. The van der Waals surface area contributed by atoms with Crippen molar-refractivity contribution in [2.75, 3.05) is 13.2 Å². The summed E-state index contributed by atoms with van der Waals surface area (Å²) in [6, 6.07) is 0. The summed E-state index contributed by atoms with van der Waals surface area (Å²) < 4.78 is 5.62. The van der Waals surface area contributed by atoms with E-state index in [1.807, 2.05) is 20.8 Å². The van der Waals surface area contributed by atoms with Crippen molar-refractivity contribution in [3.05, 3.63) is 0 Å². The summed E-state index contributed by atoms with van der Waals surface area (Å²) in [5.41, 5.74) is 0. The molecule has 1 rings (SSSR count). The molecule has 1 N–H and O–H groups in total. The highest BCUT2D eigenvalue weighted by molar-refractivity contribution is 5.83. The summed E-state index contributed by atoms with van der Waals surface area (Å²) in [6.07, 6.45) is 0.996. The minimum atomic E-state index is -0.119. The molecule has 0 radical (unpaired) electrons. The van der Waals surface area contributed by atoms with Crippen LogP contribution in [0.3, 0.4) is 0 Å². The molecule has 0 bridgehead atoms. The monoisotopic (exact) mass is 228 g/mol. The fourth-order valence-corrected chi connectivity index (χ4v) is 2.40. The van der Waals surface area contributed by atoms with Crippen molar-refractivity contribution in [2.45, 2.75) is 40.2 Å². The molecule has 0 aliphatic carbocycles. The molecule has 3 nitrogen and oxygen atoms in total. The van der Waals surface area contributed by atoms with Gasteiger partial charge in [-0.25, -0.2) is 0 Å². The molecule has 0 amide bonds. The molecule has 16 heavy (non-hydrogen) atoms. The number of aliphatic hydroxyl groups is 1. The fourth-order valence-electron chi connectivity index (χ4n) is 2.40. The quantitative estimate of drug-likeness (QED) is 0.799. The van der Waals surface area contributed by atoms with Crippen molar-refractivity contribution in [3.63, 3.8) is 0 Å². The Morgan fingerprint density at radius 2 is 2.12 bits per heavy atom. The first-order valence-electron chi connectivity index (χ1n) is 6.29. The lowest BCUT2D eigenvalue weighted by molar-refractivity contribution is -0.144. The smallest absolute Gasteiger partial charge is 0.141 e. The van der Waals surface area contributed by atoms with E-state index in [-0.39, 0.29) is 42.2 Å². The Morgan fingerprint density at radius 1 is 1.50 bits per heavy atom. The van der Waals surface area contributed by atoms with Crippen molar-refractivity contribution in [3.8, 4) is 0 Å². The Labute approximate surface area is 98.2 Å². The zero-order valence-corrected chi connectivity index (χ0v) is 10.8. The van der Waals surface area contributed by atoms with Crippen LogP contribution in [0.2, 0.25) is 0 Å². The average molecular weight is 228 g/mol. The van der Waals surface area contributed by atoms with Crippen LogP contribution in [0.15, 0.2) is 0 Å². The van der Waals surface area contributed by atoms with E-state index in [4.69, 9.17) is 4.74 Å². The Kier molecular flexibility index (Phi) is 4.93. The summed E-state index contributed by atoms with van der Waals surface area (Å²) in [7, 11) is 0. The first kappa shape index (κ1) is 13.7. The molecule has 0 aromatic carbocycles. The topological polar surface area (TPSA) is 46.5 Å². The van der Waals surface area contributed by atoms with Gasteiger partial charge in [0.1, 0.15) is 5.78 Å². The lowest BCUT2D eigenvalue weighted by Gasteiger charge is -2.39. The summed E-state index contributed by atoms with van der Waals surface area (Å²) in [5, 5.41) is 9.45. The molecule has 5 atom stereocenters. The molecule has 0 aromatic heterocycles. The summed E-state index contributed by atoms with van der Waals surface area (Å²) >= 11 is 0. The second-order valence-corrected chi connectivity index (χ2v) is 5.06. The maximum Gasteiger partial charge on any atom is 0.141 e. The molecule has 1 saturated heterocycles. The van der Waals surface area contributed by atoms with Gasteiger partial charge < -0.3 is 9.84 Å². The number of ketones is 1. The number of rotatable bonds is 4. The molecule has 0 saturated carbocycles. The van der Waals surface area contributed by atoms with Gasteiger partial charge in [0.2, 0.25) is 0 Å². The van der Waals surface area contributed by atoms with E-state index in [1.54, 1.807) is 0 Å². The molecule has 1 aliphatic heterocycles. The lowest BCUT2D eigenvalue weighted by atomic mass is 9.74. The summed E-state index contributed by atoms with van der Waals surface area (Å²) in [6.45, 7) is 8.60. The van der Waals surface area contributed by atoms with E-state index < -0.39 is 0 Å². The van der Waals surface area contributed by atoms with Crippen molar-refractivity contribution in [1.29, 1.82) is 0 Å². The minimum Gasteiger partial charge on any atom is -0.396 e. The van der Waals surface area contributed by atoms with Crippen molar-refractivity contribution >= 4 is 5.78 Å². The maximum absolute atomic E-state index is 12.2. The molecule has 1 heterocycles. The van der Waals surface area contributed by atoms with E-state index >= 15 is 0 Å². The number of hydrogen-bond donors (Lipinski definition) is 1. The van der Waals surface area contributed by atoms with Crippen molar-refractivity contribution in [1.82, 2.24) is 0 Å². The van der Waals surface area contributed by atoms with Crippen LogP contribution in [-0.2, 0) is 9.53 Å². The van der Waals surface area contributed by atoms with Crippen LogP contribution in [0.4, 0.5) is 0 Å². The molecule has 0 aromatic rings. The highest BCUT2D eigenvalue weighted by Crippen LogP contribution is 2.33. The van der Waals surface area contributed by atoms with Gasteiger partial charge >= 0.3 is 0 Å². The Morgan fingerprint density at radius 3 is 2.62 bits per heavy atom. The first-order chi connectivity index (χ1) is 7.52. The van der Waals surface area contributed by atoms with Crippen LogP contribution in [0.5, 0.6) is 0 Å². The average Bonchev–Trinajstić information content (AvgIpc) is 2.30. The number of carbonyl (C=O) groups excluding carboxylic acids is 1. The number of carbonyl (C=O) groups is 1. The van der Waals surface area contributed by atoms with E-state index in [0.29, 0.717) is 6.61 Å². The highest BCUT2D eigenvalue weighted by atomic mass is 16.5. The predicted octanol–water partition coefficient (Wildman–Crippen LogP) is 1.88. The second-order valence-electron chi connectivity index (χ2n) is 5.06. The molecular weight excluding hydrogens is 204 g/mol. The largest absolute Gasteiger partial charge is 0.396 e.